The van der Waals surface area contributed by atoms with Crippen molar-refractivity contribution in [2.45, 2.75) is 57.2 Å². The predicted molar refractivity (Wildman–Crippen MR) is 88.4 cm³/mol. The Morgan fingerprint density at radius 2 is 2.21 bits per heavy atom. The Balaban J connectivity index is 1.42. The van der Waals surface area contributed by atoms with E-state index in [2.05, 4.69) is 12.2 Å². The summed E-state index contributed by atoms with van der Waals surface area (Å²) in [5.41, 5.74) is 0.448. The van der Waals surface area contributed by atoms with Gasteiger partial charge in [-0.3, -0.25) is 4.79 Å². The first-order valence-electron chi connectivity index (χ1n) is 9.73. The quantitative estimate of drug-likeness (QED) is 0.448. The molecule has 2 N–H and O–H groups in total. The van der Waals surface area contributed by atoms with Gasteiger partial charge in [-0.2, -0.15) is 0 Å². The Kier molecular flexibility index (Phi) is 4.38. The fourth-order valence-corrected chi connectivity index (χ4v) is 5.90. The van der Waals surface area contributed by atoms with Crippen LogP contribution in [0.15, 0.2) is 0 Å². The van der Waals surface area contributed by atoms with Crippen LogP contribution in [-0.4, -0.2) is 51.1 Å². The van der Waals surface area contributed by atoms with Crippen LogP contribution in [-0.2, 0) is 19.0 Å². The third-order valence-corrected chi connectivity index (χ3v) is 7.26. The molecule has 0 aromatic carbocycles. The molecule has 1 spiro atoms. The molecule has 4 aliphatic rings. The summed E-state index contributed by atoms with van der Waals surface area (Å²) in [4.78, 5) is 12.4. The maximum atomic E-state index is 12.4. The van der Waals surface area contributed by atoms with Crippen molar-refractivity contribution in [3.63, 3.8) is 0 Å². The number of rotatable bonds is 6. The van der Waals surface area contributed by atoms with E-state index in [9.17, 15) is 4.79 Å². The molecule has 0 aromatic heterocycles. The Morgan fingerprint density at radius 3 is 2.96 bits per heavy atom. The zero-order chi connectivity index (χ0) is 16.8. The van der Waals surface area contributed by atoms with Gasteiger partial charge in [0.15, 0.2) is 0 Å². The molecule has 0 unspecified atom stereocenters. The molecule has 2 aliphatic carbocycles. The number of hydrogen-bond donors (Lipinski definition) is 1. The number of fused-ring (bicyclic) bond motifs is 3. The molecule has 2 saturated heterocycles. The molecule has 4 fully saturated rings. The molecule has 24 heavy (non-hydrogen) atoms. The van der Waals surface area contributed by atoms with Crippen molar-refractivity contribution in [3.05, 3.63) is 0 Å². The van der Waals surface area contributed by atoms with Crippen LogP contribution >= 0.6 is 0 Å². The van der Waals surface area contributed by atoms with Crippen molar-refractivity contribution in [2.24, 2.45) is 23.2 Å². The summed E-state index contributed by atoms with van der Waals surface area (Å²) in [6.45, 7) is 6.02. The summed E-state index contributed by atoms with van der Waals surface area (Å²) < 4.78 is 16.9. The highest BCUT2D eigenvalue weighted by Crippen LogP contribution is 2.62. The molecule has 0 bridgehead atoms. The lowest BCUT2D eigenvalue weighted by atomic mass is 9.53. The number of ether oxygens (including phenoxy) is 3. The second kappa shape index (κ2) is 6.26. The number of quaternary nitrogens is 1. The lowest BCUT2D eigenvalue weighted by molar-refractivity contribution is -0.659. The van der Waals surface area contributed by atoms with E-state index in [0.717, 1.165) is 45.6 Å². The first kappa shape index (κ1) is 16.8. The average molecular weight is 338 g/mol. The average Bonchev–Trinajstić information content (AvgIpc) is 3.24. The van der Waals surface area contributed by atoms with Crippen molar-refractivity contribution in [1.82, 2.24) is 0 Å². The Morgan fingerprint density at radius 1 is 1.38 bits per heavy atom. The van der Waals surface area contributed by atoms with Crippen molar-refractivity contribution in [1.29, 1.82) is 0 Å². The Hall–Kier alpha value is -0.650. The van der Waals surface area contributed by atoms with E-state index in [4.69, 9.17) is 14.2 Å². The van der Waals surface area contributed by atoms with Crippen molar-refractivity contribution < 1.29 is 24.3 Å². The molecule has 0 amide bonds. The standard InChI is InChI=1S/C19H31NO4/c1-18-5-3-6-19(12-23-19)16(18)9-13-14(11-20-7-4-8-22-2)17(21)24-15(13)10-18/h13-16,20H,3-12H2,1-2H3/p+1/t13-,14+,15-,16-,18-,19+/m1/s1. The Bertz CT molecular complexity index is 492. The molecular formula is C19H32NO4+. The molecule has 0 radical (unpaired) electrons. The minimum Gasteiger partial charge on any atom is -0.462 e. The van der Waals surface area contributed by atoms with E-state index in [1.54, 1.807) is 7.11 Å². The van der Waals surface area contributed by atoms with E-state index in [1.807, 2.05) is 0 Å². The van der Waals surface area contributed by atoms with Crippen LogP contribution < -0.4 is 5.32 Å². The fraction of sp³-hybridized carbons (Fsp3) is 0.947. The monoisotopic (exact) mass is 338 g/mol. The van der Waals surface area contributed by atoms with E-state index in [0.29, 0.717) is 17.3 Å². The smallest absolute Gasteiger partial charge is 0.315 e. The molecule has 5 nitrogen and oxygen atoms in total. The fourth-order valence-electron chi connectivity index (χ4n) is 5.90. The van der Waals surface area contributed by atoms with Gasteiger partial charge in [0, 0.05) is 19.4 Å². The van der Waals surface area contributed by atoms with Crippen LogP contribution in [0.2, 0.25) is 0 Å². The predicted octanol–water partition coefficient (Wildman–Crippen LogP) is 1.11. The van der Waals surface area contributed by atoms with Crippen molar-refractivity contribution in [2.75, 3.05) is 33.4 Å². The zero-order valence-corrected chi connectivity index (χ0v) is 15.1. The number of nitrogens with two attached hydrogens (primary N) is 1. The molecular weight excluding hydrogens is 306 g/mol. The summed E-state index contributed by atoms with van der Waals surface area (Å²) in [6, 6.07) is 0. The molecule has 2 saturated carbocycles. The highest BCUT2D eigenvalue weighted by molar-refractivity contribution is 5.75. The summed E-state index contributed by atoms with van der Waals surface area (Å²) in [5, 5.41) is 2.27. The number of carbonyl (C=O) groups excluding carboxylic acids is 1. The minimum atomic E-state index is 0.0426. The number of carbonyl (C=O) groups is 1. The van der Waals surface area contributed by atoms with Gasteiger partial charge in [0.2, 0.25) is 0 Å². The van der Waals surface area contributed by atoms with Gasteiger partial charge in [-0.05, 0) is 43.4 Å². The van der Waals surface area contributed by atoms with E-state index in [-0.39, 0.29) is 23.6 Å². The van der Waals surface area contributed by atoms with E-state index >= 15 is 0 Å². The maximum absolute atomic E-state index is 12.4. The van der Waals surface area contributed by atoms with Gasteiger partial charge < -0.3 is 19.5 Å². The molecule has 5 heteroatoms. The van der Waals surface area contributed by atoms with Gasteiger partial charge in [-0.1, -0.05) is 6.92 Å². The summed E-state index contributed by atoms with van der Waals surface area (Å²) in [5.74, 6) is 1.12. The second-order valence-electron chi connectivity index (χ2n) is 8.76. The number of esters is 1. The van der Waals surface area contributed by atoms with Crippen LogP contribution in [0.5, 0.6) is 0 Å². The zero-order valence-electron chi connectivity index (χ0n) is 15.1. The third-order valence-electron chi connectivity index (χ3n) is 7.26. The van der Waals surface area contributed by atoms with Crippen LogP contribution in [0.4, 0.5) is 0 Å². The topological polar surface area (TPSA) is 64.7 Å². The molecule has 136 valence electrons. The molecule has 4 rings (SSSR count). The van der Waals surface area contributed by atoms with Crippen molar-refractivity contribution in [3.8, 4) is 0 Å². The molecule has 2 heterocycles. The van der Waals surface area contributed by atoms with E-state index in [1.165, 1.54) is 19.3 Å². The highest BCUT2D eigenvalue weighted by atomic mass is 16.6. The first-order chi connectivity index (χ1) is 11.6. The number of epoxide rings is 1. The van der Waals surface area contributed by atoms with Gasteiger partial charge >= 0.3 is 5.97 Å². The van der Waals surface area contributed by atoms with Crippen LogP contribution in [0, 0.1) is 23.2 Å². The molecule has 6 atom stereocenters. The third kappa shape index (κ3) is 2.78. The van der Waals surface area contributed by atoms with Crippen LogP contribution in [0.1, 0.15) is 45.4 Å². The van der Waals surface area contributed by atoms with Crippen LogP contribution in [0.3, 0.4) is 0 Å². The highest BCUT2D eigenvalue weighted by Gasteiger charge is 2.65. The lowest BCUT2D eigenvalue weighted by Gasteiger charge is -2.51. The van der Waals surface area contributed by atoms with Gasteiger partial charge in [0.1, 0.15) is 12.0 Å². The first-order valence-corrected chi connectivity index (χ1v) is 9.73. The minimum absolute atomic E-state index is 0.0426. The van der Waals surface area contributed by atoms with Gasteiger partial charge in [0.25, 0.3) is 0 Å². The summed E-state index contributed by atoms with van der Waals surface area (Å²) >= 11 is 0. The second-order valence-corrected chi connectivity index (χ2v) is 8.76. The normalized spacial score (nSPS) is 46.5. The van der Waals surface area contributed by atoms with E-state index < -0.39 is 0 Å². The SMILES string of the molecule is COCCC[NH2+]C[C@@H]1C(=O)O[C@@H]2C[C@@]3(C)CCC[C@]4(CO4)[C@@H]3C[C@H]12. The van der Waals surface area contributed by atoms with Crippen LogP contribution in [0.25, 0.3) is 0 Å². The summed E-state index contributed by atoms with van der Waals surface area (Å²) in [7, 11) is 1.73. The van der Waals surface area contributed by atoms with Gasteiger partial charge in [-0.25, -0.2) is 0 Å². The number of hydrogen-bond acceptors (Lipinski definition) is 4. The van der Waals surface area contributed by atoms with Gasteiger partial charge in [0.05, 0.1) is 31.9 Å². The molecule has 2 aliphatic heterocycles. The largest absolute Gasteiger partial charge is 0.462 e. The Labute approximate surface area is 144 Å². The summed E-state index contributed by atoms with van der Waals surface area (Å²) in [6.07, 6.45) is 7.07. The van der Waals surface area contributed by atoms with Crippen molar-refractivity contribution >= 4 is 5.97 Å². The lowest BCUT2D eigenvalue weighted by Crippen LogP contribution is -2.86. The number of methoxy groups -OCH3 is 1. The molecule has 0 aromatic rings. The van der Waals surface area contributed by atoms with Gasteiger partial charge in [-0.15, -0.1) is 0 Å². The maximum Gasteiger partial charge on any atom is 0.315 e.